The molecular weight excluding hydrogens is 463 g/mol. The molecule has 32 heavy (non-hydrogen) atoms. The monoisotopic (exact) mass is 482 g/mol. The molecule has 3 rings (SSSR count). The second-order valence-electron chi connectivity index (χ2n) is 7.27. The van der Waals surface area contributed by atoms with E-state index in [0.717, 1.165) is 0 Å². The van der Waals surface area contributed by atoms with Crippen molar-refractivity contribution in [1.29, 1.82) is 0 Å². The van der Waals surface area contributed by atoms with E-state index >= 15 is 0 Å². The number of aliphatic hydroxyl groups excluding tert-OH is 1. The number of halogens is 2. The van der Waals surface area contributed by atoms with E-state index in [2.05, 4.69) is 5.32 Å². The van der Waals surface area contributed by atoms with E-state index in [4.69, 9.17) is 16.7 Å². The number of carbonyl (C=O) groups is 2. The van der Waals surface area contributed by atoms with E-state index in [1.165, 1.54) is 30.3 Å². The summed E-state index contributed by atoms with van der Waals surface area (Å²) in [5, 5.41) is 21.4. The van der Waals surface area contributed by atoms with Crippen molar-refractivity contribution in [2.45, 2.75) is 17.9 Å². The number of amides is 1. The van der Waals surface area contributed by atoms with Crippen molar-refractivity contribution < 1.29 is 32.6 Å². The Balaban J connectivity index is 1.88. The van der Waals surface area contributed by atoms with E-state index < -0.39 is 45.9 Å². The summed E-state index contributed by atoms with van der Waals surface area (Å²) < 4.78 is 39.7. The van der Waals surface area contributed by atoms with Gasteiger partial charge in [0.25, 0.3) is 5.91 Å². The number of benzene rings is 2. The lowest BCUT2D eigenvalue weighted by molar-refractivity contribution is -0.134. The Morgan fingerprint density at radius 2 is 1.84 bits per heavy atom. The Kier molecular flexibility index (Phi) is 6.59. The SMILES string of the molecule is Cc1cc2c(cc(C(=O)N[C@H](CO)c3ccc(S(=O)(=O)CC(=O)O)cc3)n2C)c(Cl)c1F. The summed E-state index contributed by atoms with van der Waals surface area (Å²) in [5.74, 6) is -3.64. The molecule has 0 bridgehead atoms. The molecule has 1 amide bonds. The summed E-state index contributed by atoms with van der Waals surface area (Å²) in [6.45, 7) is 1.08. The Bertz CT molecular complexity index is 1320. The Morgan fingerprint density at radius 3 is 2.41 bits per heavy atom. The van der Waals surface area contributed by atoms with E-state index in [-0.39, 0.29) is 15.6 Å². The first kappa shape index (κ1) is 23.7. The molecule has 0 aliphatic rings. The zero-order chi connectivity index (χ0) is 23.8. The molecule has 1 aromatic heterocycles. The van der Waals surface area contributed by atoms with Gasteiger partial charge >= 0.3 is 5.97 Å². The maximum Gasteiger partial charge on any atom is 0.319 e. The van der Waals surface area contributed by atoms with Gasteiger partial charge in [-0.05, 0) is 42.3 Å². The molecule has 1 heterocycles. The highest BCUT2D eigenvalue weighted by Gasteiger charge is 2.23. The molecule has 0 aliphatic carbocycles. The number of aliphatic carboxylic acids is 1. The fourth-order valence-corrected chi connectivity index (χ4v) is 4.71. The average molecular weight is 483 g/mol. The van der Waals surface area contributed by atoms with Gasteiger partial charge in [-0.1, -0.05) is 23.7 Å². The number of hydrogen-bond donors (Lipinski definition) is 3. The second kappa shape index (κ2) is 8.89. The highest BCUT2D eigenvalue weighted by molar-refractivity contribution is 7.92. The highest BCUT2D eigenvalue weighted by atomic mass is 35.5. The summed E-state index contributed by atoms with van der Waals surface area (Å²) >= 11 is 6.09. The molecule has 11 heteroatoms. The van der Waals surface area contributed by atoms with Crippen molar-refractivity contribution in [3.63, 3.8) is 0 Å². The number of aromatic nitrogens is 1. The van der Waals surface area contributed by atoms with Crippen molar-refractivity contribution in [2.75, 3.05) is 12.4 Å². The summed E-state index contributed by atoms with van der Waals surface area (Å²) in [5.41, 5.74) is 1.49. The first-order valence-electron chi connectivity index (χ1n) is 9.36. The summed E-state index contributed by atoms with van der Waals surface area (Å²) in [4.78, 5) is 23.4. The second-order valence-corrected chi connectivity index (χ2v) is 9.64. The third-order valence-corrected chi connectivity index (χ3v) is 7.07. The van der Waals surface area contributed by atoms with Crippen LogP contribution in [0.4, 0.5) is 4.39 Å². The maximum atomic E-state index is 14.1. The van der Waals surface area contributed by atoms with Crippen molar-refractivity contribution >= 4 is 44.2 Å². The van der Waals surface area contributed by atoms with Crippen LogP contribution in [0.3, 0.4) is 0 Å². The molecular formula is C21H20ClFN2O6S. The average Bonchev–Trinajstić information content (AvgIpc) is 3.06. The van der Waals surface area contributed by atoms with Crippen LogP contribution in [0.2, 0.25) is 5.02 Å². The molecule has 8 nitrogen and oxygen atoms in total. The number of fused-ring (bicyclic) bond motifs is 1. The van der Waals surface area contributed by atoms with E-state index in [9.17, 15) is 27.5 Å². The zero-order valence-corrected chi connectivity index (χ0v) is 18.7. The minimum Gasteiger partial charge on any atom is -0.480 e. The number of carboxylic acid groups (broad SMARTS) is 1. The standard InChI is InChI=1S/C21H20ClFN2O6S/c1-11-7-16-14(19(22)20(11)23)8-17(25(16)2)21(29)24-15(9-26)12-3-5-13(6-4-12)32(30,31)10-18(27)28/h3-8,15,26H,9-10H2,1-2H3,(H,24,29)(H,27,28)/t15-/m1/s1. The van der Waals surface area contributed by atoms with Crippen LogP contribution in [0.1, 0.15) is 27.7 Å². The van der Waals surface area contributed by atoms with Gasteiger partial charge in [-0.2, -0.15) is 0 Å². The minimum atomic E-state index is -4.00. The number of carboxylic acids is 1. The van der Waals surface area contributed by atoms with E-state index in [0.29, 0.717) is 22.0 Å². The van der Waals surface area contributed by atoms with E-state index in [1.807, 2.05) is 0 Å². The fraction of sp³-hybridized carbons (Fsp3) is 0.238. The Hall–Kier alpha value is -2.95. The number of rotatable bonds is 7. The first-order chi connectivity index (χ1) is 15.0. The van der Waals surface area contributed by atoms with E-state index in [1.54, 1.807) is 24.6 Å². The van der Waals surface area contributed by atoms with Crippen LogP contribution >= 0.6 is 11.6 Å². The molecule has 3 aromatic rings. The molecule has 3 N–H and O–H groups in total. The van der Waals surface area contributed by atoms with Crippen molar-refractivity contribution in [3.8, 4) is 0 Å². The van der Waals surface area contributed by atoms with Gasteiger partial charge in [0.1, 0.15) is 11.5 Å². The molecule has 0 fully saturated rings. The predicted octanol–water partition coefficient (Wildman–Crippen LogP) is 2.60. The Morgan fingerprint density at radius 1 is 1.22 bits per heavy atom. The summed E-state index contributed by atoms with van der Waals surface area (Å²) in [6.07, 6.45) is 0. The van der Waals surface area contributed by atoms with Gasteiger partial charge in [0.2, 0.25) is 0 Å². The molecule has 0 saturated carbocycles. The van der Waals surface area contributed by atoms with Crippen LogP contribution < -0.4 is 5.32 Å². The van der Waals surface area contributed by atoms with Crippen LogP contribution in [-0.4, -0.2) is 47.4 Å². The number of aliphatic hydroxyl groups is 1. The van der Waals surface area contributed by atoms with Crippen molar-refractivity contribution in [2.24, 2.45) is 7.05 Å². The Labute approximate surface area is 188 Å². The first-order valence-corrected chi connectivity index (χ1v) is 11.4. The van der Waals surface area contributed by atoms with Crippen molar-refractivity contribution in [1.82, 2.24) is 9.88 Å². The third-order valence-electron chi connectivity index (χ3n) is 5.08. The van der Waals surface area contributed by atoms with Crippen molar-refractivity contribution in [3.05, 3.63) is 64.1 Å². The lowest BCUT2D eigenvalue weighted by atomic mass is 10.1. The number of hydrogen-bond acceptors (Lipinski definition) is 5. The van der Waals surface area contributed by atoms with Crippen LogP contribution in [0.5, 0.6) is 0 Å². The maximum absolute atomic E-state index is 14.1. The predicted molar refractivity (Wildman–Crippen MR) is 116 cm³/mol. The molecule has 0 aliphatic heterocycles. The number of nitrogens with zero attached hydrogens (tertiary/aromatic N) is 1. The number of sulfone groups is 1. The molecule has 0 radical (unpaired) electrons. The van der Waals surface area contributed by atoms with Gasteiger partial charge < -0.3 is 20.1 Å². The van der Waals surface area contributed by atoms with Gasteiger partial charge in [0, 0.05) is 12.4 Å². The molecule has 2 aromatic carbocycles. The highest BCUT2D eigenvalue weighted by Crippen LogP contribution is 2.31. The lowest BCUT2D eigenvalue weighted by Gasteiger charge is -2.17. The largest absolute Gasteiger partial charge is 0.480 e. The molecule has 1 atom stereocenters. The number of nitrogens with one attached hydrogen (secondary N) is 1. The van der Waals surface area contributed by atoms with Gasteiger partial charge in [0.05, 0.1) is 28.1 Å². The normalized spacial score (nSPS) is 12.7. The van der Waals surface area contributed by atoms with Crippen LogP contribution in [0, 0.1) is 12.7 Å². The van der Waals surface area contributed by atoms with Gasteiger partial charge in [-0.15, -0.1) is 0 Å². The van der Waals surface area contributed by atoms with Crippen LogP contribution in [-0.2, 0) is 21.7 Å². The number of carbonyl (C=O) groups excluding carboxylic acids is 1. The molecule has 0 saturated heterocycles. The molecule has 0 spiro atoms. The topological polar surface area (TPSA) is 126 Å². The third kappa shape index (κ3) is 4.47. The minimum absolute atomic E-state index is 0.0912. The van der Waals surface area contributed by atoms with Crippen LogP contribution in [0.25, 0.3) is 10.9 Å². The fourth-order valence-electron chi connectivity index (χ4n) is 3.37. The molecule has 0 unspecified atom stereocenters. The molecule has 170 valence electrons. The smallest absolute Gasteiger partial charge is 0.319 e. The number of aryl methyl sites for hydroxylation is 2. The lowest BCUT2D eigenvalue weighted by Crippen LogP contribution is -2.32. The van der Waals surface area contributed by atoms with Crippen LogP contribution in [0.15, 0.2) is 41.3 Å². The van der Waals surface area contributed by atoms with Gasteiger partial charge in [0.15, 0.2) is 15.6 Å². The summed E-state index contributed by atoms with van der Waals surface area (Å²) in [7, 11) is -2.38. The summed E-state index contributed by atoms with van der Waals surface area (Å²) in [6, 6.07) is 7.35. The zero-order valence-electron chi connectivity index (χ0n) is 17.1. The van der Waals surface area contributed by atoms with Gasteiger partial charge in [-0.3, -0.25) is 9.59 Å². The quantitative estimate of drug-likeness (QED) is 0.475. The van der Waals surface area contributed by atoms with Gasteiger partial charge in [-0.25, -0.2) is 12.8 Å².